The van der Waals surface area contributed by atoms with Crippen molar-refractivity contribution in [2.45, 2.75) is 6.42 Å². The number of nitrogens with zero attached hydrogens (tertiary/aromatic N) is 1. The minimum Gasteiger partial charge on any atom is -0.308 e. The van der Waals surface area contributed by atoms with Crippen molar-refractivity contribution in [1.29, 1.82) is 0 Å². The van der Waals surface area contributed by atoms with Crippen LogP contribution in [0.25, 0.3) is 0 Å². The molecule has 0 fully saturated rings. The molecule has 0 atom stereocenters. The Labute approximate surface area is 132 Å². The van der Waals surface area contributed by atoms with Crippen molar-refractivity contribution in [1.82, 2.24) is 0 Å². The van der Waals surface area contributed by atoms with Crippen LogP contribution in [0.3, 0.4) is 0 Å². The highest BCUT2D eigenvalue weighted by molar-refractivity contribution is 9.11. The monoisotopic (exact) mass is 397 g/mol. The Balaban J connectivity index is 1.99. The Morgan fingerprint density at radius 2 is 1.95 bits per heavy atom. The maximum Gasteiger partial charge on any atom is 0.259 e. The first-order valence-electron chi connectivity index (χ1n) is 6.11. The van der Waals surface area contributed by atoms with Gasteiger partial charge in [0.05, 0.1) is 11.3 Å². The smallest absolute Gasteiger partial charge is 0.259 e. The van der Waals surface area contributed by atoms with Crippen molar-refractivity contribution in [3.63, 3.8) is 0 Å². The molecule has 2 aromatic carbocycles. The number of benzene rings is 2. The van der Waals surface area contributed by atoms with Crippen molar-refractivity contribution >= 4 is 43.5 Å². The molecule has 20 heavy (non-hydrogen) atoms. The molecule has 0 radical (unpaired) electrons. The first kappa shape index (κ1) is 13.8. The summed E-state index contributed by atoms with van der Waals surface area (Å²) in [5, 5.41) is 0. The Kier molecular flexibility index (Phi) is 3.65. The van der Waals surface area contributed by atoms with Crippen LogP contribution in [0.4, 0.5) is 10.1 Å². The highest BCUT2D eigenvalue weighted by Gasteiger charge is 2.27. The third-order valence-corrected chi connectivity index (χ3v) is 4.50. The number of hydrogen-bond acceptors (Lipinski definition) is 1. The lowest BCUT2D eigenvalue weighted by Crippen LogP contribution is -2.29. The number of halogens is 3. The predicted molar refractivity (Wildman–Crippen MR) is 83.6 cm³/mol. The van der Waals surface area contributed by atoms with Gasteiger partial charge in [-0.25, -0.2) is 4.39 Å². The van der Waals surface area contributed by atoms with Crippen LogP contribution in [0.1, 0.15) is 15.9 Å². The van der Waals surface area contributed by atoms with Gasteiger partial charge in [0.25, 0.3) is 5.91 Å². The van der Waals surface area contributed by atoms with E-state index in [-0.39, 0.29) is 11.7 Å². The van der Waals surface area contributed by atoms with Crippen molar-refractivity contribution in [3.8, 4) is 0 Å². The van der Waals surface area contributed by atoms with Crippen molar-refractivity contribution in [2.24, 2.45) is 0 Å². The molecule has 1 aliphatic heterocycles. The van der Waals surface area contributed by atoms with Gasteiger partial charge in [-0.1, -0.05) is 22.0 Å². The van der Waals surface area contributed by atoms with Crippen molar-refractivity contribution in [3.05, 3.63) is 62.3 Å². The number of amides is 1. The molecule has 3 rings (SSSR count). The number of carbonyl (C=O) groups is 1. The number of rotatable bonds is 1. The van der Waals surface area contributed by atoms with E-state index >= 15 is 0 Å². The van der Waals surface area contributed by atoms with Crippen LogP contribution in [0.5, 0.6) is 0 Å². The van der Waals surface area contributed by atoms with Crippen LogP contribution >= 0.6 is 31.9 Å². The summed E-state index contributed by atoms with van der Waals surface area (Å²) < 4.78 is 15.0. The molecule has 0 spiro atoms. The molecule has 0 aliphatic carbocycles. The van der Waals surface area contributed by atoms with Crippen LogP contribution in [-0.2, 0) is 6.42 Å². The summed E-state index contributed by atoms with van der Waals surface area (Å²) in [5.41, 5.74) is 2.25. The molecule has 0 N–H and O–H groups in total. The van der Waals surface area contributed by atoms with E-state index in [0.717, 1.165) is 20.9 Å². The second-order valence-corrected chi connectivity index (χ2v) is 6.37. The standard InChI is InChI=1S/C15H10Br2FNO/c16-10-2-4-12(13(17)7-10)15(20)19-6-5-9-1-3-11(18)8-14(9)19/h1-4,7-8H,5-6H2. The molecule has 1 heterocycles. The fourth-order valence-corrected chi connectivity index (χ4v) is 3.59. The summed E-state index contributed by atoms with van der Waals surface area (Å²) in [6, 6.07) is 10.0. The summed E-state index contributed by atoms with van der Waals surface area (Å²) in [6.07, 6.45) is 0.759. The molecule has 0 saturated carbocycles. The third-order valence-electron chi connectivity index (χ3n) is 3.35. The number of hydrogen-bond donors (Lipinski definition) is 0. The van der Waals surface area contributed by atoms with E-state index in [2.05, 4.69) is 31.9 Å². The Bertz CT molecular complexity index is 702. The van der Waals surface area contributed by atoms with Gasteiger partial charge >= 0.3 is 0 Å². The molecule has 1 aliphatic rings. The highest BCUT2D eigenvalue weighted by atomic mass is 79.9. The zero-order chi connectivity index (χ0) is 14.3. The van der Waals surface area contributed by atoms with E-state index in [4.69, 9.17) is 0 Å². The largest absolute Gasteiger partial charge is 0.308 e. The van der Waals surface area contributed by atoms with E-state index in [0.29, 0.717) is 17.8 Å². The zero-order valence-electron chi connectivity index (χ0n) is 10.4. The van der Waals surface area contributed by atoms with Gasteiger partial charge in [-0.05, 0) is 58.2 Å². The first-order chi connectivity index (χ1) is 9.56. The third kappa shape index (κ3) is 2.40. The molecule has 0 aromatic heterocycles. The van der Waals surface area contributed by atoms with Crippen molar-refractivity contribution < 1.29 is 9.18 Å². The summed E-state index contributed by atoms with van der Waals surface area (Å²) in [7, 11) is 0. The van der Waals surface area contributed by atoms with Gasteiger partial charge in [-0.15, -0.1) is 0 Å². The minimum absolute atomic E-state index is 0.117. The average molecular weight is 399 g/mol. The average Bonchev–Trinajstić information content (AvgIpc) is 2.81. The van der Waals surface area contributed by atoms with Gasteiger partial charge in [0.2, 0.25) is 0 Å². The fourth-order valence-electron chi connectivity index (χ4n) is 2.37. The Hall–Kier alpha value is -1.20. The maximum atomic E-state index is 13.4. The van der Waals surface area contributed by atoms with E-state index in [1.807, 2.05) is 12.1 Å². The molecule has 5 heteroatoms. The van der Waals surface area contributed by atoms with Gasteiger partial charge in [0, 0.05) is 15.5 Å². The van der Waals surface area contributed by atoms with Crippen molar-refractivity contribution in [2.75, 3.05) is 11.4 Å². The van der Waals surface area contributed by atoms with Crippen LogP contribution in [-0.4, -0.2) is 12.5 Å². The lowest BCUT2D eigenvalue weighted by Gasteiger charge is -2.18. The normalized spacial score (nSPS) is 13.4. The summed E-state index contributed by atoms with van der Waals surface area (Å²) >= 11 is 6.76. The summed E-state index contributed by atoms with van der Waals surface area (Å²) in [4.78, 5) is 14.2. The van der Waals surface area contributed by atoms with E-state index in [1.165, 1.54) is 12.1 Å². The maximum absolute atomic E-state index is 13.4. The Morgan fingerprint density at radius 3 is 2.70 bits per heavy atom. The molecule has 1 amide bonds. The van der Waals surface area contributed by atoms with E-state index in [9.17, 15) is 9.18 Å². The van der Waals surface area contributed by atoms with Gasteiger partial charge in [0.1, 0.15) is 5.82 Å². The molecule has 0 bridgehead atoms. The van der Waals surface area contributed by atoms with Gasteiger partial charge < -0.3 is 4.90 Å². The van der Waals surface area contributed by atoms with Crippen LogP contribution in [0.15, 0.2) is 45.3 Å². The number of anilines is 1. The SMILES string of the molecule is O=C(c1ccc(Br)cc1Br)N1CCc2ccc(F)cc21. The van der Waals surface area contributed by atoms with Gasteiger partial charge in [-0.3, -0.25) is 4.79 Å². The van der Waals surface area contributed by atoms with Gasteiger partial charge in [0.15, 0.2) is 0 Å². The fraction of sp³-hybridized carbons (Fsp3) is 0.133. The zero-order valence-corrected chi connectivity index (χ0v) is 13.5. The summed E-state index contributed by atoms with van der Waals surface area (Å²) in [6.45, 7) is 0.583. The quantitative estimate of drug-likeness (QED) is 0.689. The van der Waals surface area contributed by atoms with Crippen LogP contribution in [0, 0.1) is 5.82 Å². The molecule has 0 unspecified atom stereocenters. The molecular weight excluding hydrogens is 389 g/mol. The van der Waals surface area contributed by atoms with Crippen LogP contribution < -0.4 is 4.90 Å². The predicted octanol–water partition coefficient (Wildman–Crippen LogP) is 4.55. The lowest BCUT2D eigenvalue weighted by molar-refractivity contribution is 0.0988. The molecule has 2 aromatic rings. The highest BCUT2D eigenvalue weighted by Crippen LogP contribution is 2.32. The topological polar surface area (TPSA) is 20.3 Å². The van der Waals surface area contributed by atoms with Gasteiger partial charge in [-0.2, -0.15) is 0 Å². The van der Waals surface area contributed by atoms with E-state index < -0.39 is 0 Å². The minimum atomic E-state index is -0.321. The summed E-state index contributed by atoms with van der Waals surface area (Å²) in [5.74, 6) is -0.438. The second-order valence-electron chi connectivity index (χ2n) is 4.60. The van der Waals surface area contributed by atoms with E-state index in [1.54, 1.807) is 17.0 Å². The number of fused-ring (bicyclic) bond motifs is 1. The van der Waals surface area contributed by atoms with Crippen LogP contribution in [0.2, 0.25) is 0 Å². The Morgan fingerprint density at radius 1 is 1.15 bits per heavy atom. The first-order valence-corrected chi connectivity index (χ1v) is 7.70. The molecular formula is C15H10Br2FNO. The lowest BCUT2D eigenvalue weighted by atomic mass is 10.1. The molecule has 102 valence electrons. The second kappa shape index (κ2) is 5.30. The molecule has 0 saturated heterocycles. The number of carbonyl (C=O) groups excluding carboxylic acids is 1. The molecule has 2 nitrogen and oxygen atoms in total.